The molecule has 1 nitrogen and oxygen atoms in total. The Bertz CT molecular complexity index is 528. The van der Waals surface area contributed by atoms with Crippen molar-refractivity contribution < 1.29 is 4.74 Å². The van der Waals surface area contributed by atoms with Gasteiger partial charge in [-0.05, 0) is 61.1 Å². The van der Waals surface area contributed by atoms with Crippen LogP contribution in [0, 0.1) is 17.8 Å². The minimum absolute atomic E-state index is 0.441. The van der Waals surface area contributed by atoms with E-state index in [1.54, 1.807) is 0 Å². The second-order valence-electron chi connectivity index (χ2n) is 6.72. The van der Waals surface area contributed by atoms with Crippen LogP contribution in [0.25, 0.3) is 0 Å². The minimum atomic E-state index is 0.441. The first-order valence-electron chi connectivity index (χ1n) is 7.80. The highest BCUT2D eigenvalue weighted by Crippen LogP contribution is 2.53. The lowest BCUT2D eigenvalue weighted by atomic mass is 9.84. The Morgan fingerprint density at radius 1 is 1.25 bits per heavy atom. The quantitative estimate of drug-likeness (QED) is 0.597. The lowest BCUT2D eigenvalue weighted by Gasteiger charge is -2.25. The Balaban J connectivity index is 1.55. The van der Waals surface area contributed by atoms with Crippen molar-refractivity contribution in [2.45, 2.75) is 43.4 Å². The van der Waals surface area contributed by atoms with Crippen LogP contribution in [0.3, 0.4) is 0 Å². The summed E-state index contributed by atoms with van der Waals surface area (Å²) in [6, 6.07) is 4.46. The van der Waals surface area contributed by atoms with Crippen molar-refractivity contribution in [2.24, 2.45) is 17.8 Å². The third-order valence-electron chi connectivity index (χ3n) is 5.51. The molecule has 1 aromatic rings. The van der Waals surface area contributed by atoms with Crippen molar-refractivity contribution in [1.82, 2.24) is 0 Å². The van der Waals surface area contributed by atoms with Crippen molar-refractivity contribution in [3.8, 4) is 5.75 Å². The molecule has 0 aromatic heterocycles. The van der Waals surface area contributed by atoms with Gasteiger partial charge in [-0.3, -0.25) is 0 Å². The predicted molar refractivity (Wildman–Crippen MR) is 88.6 cm³/mol. The van der Waals surface area contributed by atoms with Crippen LogP contribution in [0.4, 0.5) is 0 Å². The molecule has 1 aromatic carbocycles. The van der Waals surface area contributed by atoms with Crippen molar-refractivity contribution in [3.05, 3.63) is 27.7 Å². The third kappa shape index (κ3) is 2.35. The summed E-state index contributed by atoms with van der Waals surface area (Å²) in [6.45, 7) is 0.840. The van der Waals surface area contributed by atoms with Crippen molar-refractivity contribution in [1.29, 1.82) is 0 Å². The largest absolute Gasteiger partial charge is 0.493 e. The van der Waals surface area contributed by atoms with Gasteiger partial charge >= 0.3 is 0 Å². The first-order chi connectivity index (χ1) is 9.70. The maximum Gasteiger partial charge on any atom is 0.127 e. The zero-order chi connectivity index (χ0) is 13.7. The van der Waals surface area contributed by atoms with E-state index in [-0.39, 0.29) is 0 Å². The second-order valence-corrected chi connectivity index (χ2v) is 8.74. The topological polar surface area (TPSA) is 9.23 Å². The number of ether oxygens (including phenoxy) is 1. The summed E-state index contributed by atoms with van der Waals surface area (Å²) in [5, 5.41) is 0. The smallest absolute Gasteiger partial charge is 0.127 e. The van der Waals surface area contributed by atoms with Gasteiger partial charge < -0.3 is 4.74 Å². The summed E-state index contributed by atoms with van der Waals surface area (Å²) in [5.41, 5.74) is 2.72. The molecule has 0 spiro atoms. The van der Waals surface area contributed by atoms with Crippen LogP contribution in [-0.2, 0) is 6.42 Å². The Labute approximate surface area is 137 Å². The molecule has 0 N–H and O–H groups in total. The lowest BCUT2D eigenvalue weighted by Crippen LogP contribution is -2.12. The standard InChI is InChI=1S/C17H20Br2O/c18-14-7-12-3-4-20-17(12)15(9-14)16(19)8-13-6-10-1-2-11(13)5-10/h7,9-11,13,16H,1-6,8H2. The van der Waals surface area contributed by atoms with Crippen LogP contribution in [-0.4, -0.2) is 6.61 Å². The molecule has 1 aliphatic heterocycles. The van der Waals surface area contributed by atoms with Crippen LogP contribution >= 0.6 is 31.9 Å². The van der Waals surface area contributed by atoms with E-state index in [9.17, 15) is 0 Å². The van der Waals surface area contributed by atoms with E-state index in [0.29, 0.717) is 4.83 Å². The van der Waals surface area contributed by atoms with Gasteiger partial charge in [0.1, 0.15) is 5.75 Å². The molecule has 0 radical (unpaired) electrons. The van der Waals surface area contributed by atoms with Gasteiger partial charge in [0.25, 0.3) is 0 Å². The van der Waals surface area contributed by atoms with Crippen molar-refractivity contribution in [3.63, 3.8) is 0 Å². The highest BCUT2D eigenvalue weighted by atomic mass is 79.9. The fourth-order valence-electron chi connectivity index (χ4n) is 4.59. The first kappa shape index (κ1) is 13.6. The fraction of sp³-hybridized carbons (Fsp3) is 0.647. The number of rotatable bonds is 3. The SMILES string of the molecule is Brc1cc2c(c(C(Br)CC3CC4CCC3C4)c1)OCC2. The fourth-order valence-corrected chi connectivity index (χ4v) is 5.93. The maximum absolute atomic E-state index is 5.88. The Kier molecular flexibility index (Phi) is 3.62. The zero-order valence-electron chi connectivity index (χ0n) is 11.6. The monoisotopic (exact) mass is 398 g/mol. The number of benzene rings is 1. The molecule has 20 heavy (non-hydrogen) atoms. The molecule has 3 heteroatoms. The number of hydrogen-bond acceptors (Lipinski definition) is 1. The van der Waals surface area contributed by atoms with Gasteiger partial charge in [0.2, 0.25) is 0 Å². The van der Waals surface area contributed by atoms with E-state index in [2.05, 4.69) is 44.0 Å². The normalized spacial score (nSPS) is 32.2. The summed E-state index contributed by atoms with van der Waals surface area (Å²) < 4.78 is 7.07. The molecule has 2 fully saturated rings. The molecule has 2 aliphatic carbocycles. The zero-order valence-corrected chi connectivity index (χ0v) is 14.8. The molecule has 108 valence electrons. The highest BCUT2D eigenvalue weighted by Gasteiger charge is 2.40. The molecule has 3 aliphatic rings. The molecule has 2 bridgehead atoms. The molecular formula is C17H20Br2O. The van der Waals surface area contributed by atoms with Gasteiger partial charge in [-0.25, -0.2) is 0 Å². The van der Waals surface area contributed by atoms with Crippen LogP contribution < -0.4 is 4.74 Å². The van der Waals surface area contributed by atoms with Crippen molar-refractivity contribution >= 4 is 31.9 Å². The Hall–Kier alpha value is -0.0200. The van der Waals surface area contributed by atoms with Gasteiger partial charge in [-0.15, -0.1) is 0 Å². The molecule has 2 saturated carbocycles. The molecule has 0 amide bonds. The predicted octanol–water partition coefficient (Wildman–Crippen LogP) is 5.65. The molecule has 1 heterocycles. The molecule has 4 atom stereocenters. The molecule has 4 unspecified atom stereocenters. The number of hydrogen-bond donors (Lipinski definition) is 0. The van der Waals surface area contributed by atoms with Gasteiger partial charge in [0, 0.05) is 21.3 Å². The van der Waals surface area contributed by atoms with Crippen LogP contribution in [0.15, 0.2) is 16.6 Å². The summed E-state index contributed by atoms with van der Waals surface area (Å²) in [7, 11) is 0. The van der Waals surface area contributed by atoms with Gasteiger partial charge in [0.15, 0.2) is 0 Å². The van der Waals surface area contributed by atoms with E-state index >= 15 is 0 Å². The van der Waals surface area contributed by atoms with Crippen LogP contribution in [0.5, 0.6) is 5.75 Å². The number of alkyl halides is 1. The minimum Gasteiger partial charge on any atom is -0.493 e. The summed E-state index contributed by atoms with van der Waals surface area (Å²) >= 11 is 7.61. The lowest BCUT2D eigenvalue weighted by molar-refractivity contribution is 0.310. The number of fused-ring (bicyclic) bond motifs is 3. The van der Waals surface area contributed by atoms with E-state index in [4.69, 9.17) is 4.74 Å². The Morgan fingerprint density at radius 3 is 2.90 bits per heavy atom. The van der Waals surface area contributed by atoms with E-state index in [0.717, 1.165) is 36.5 Å². The van der Waals surface area contributed by atoms with E-state index in [1.807, 2.05) is 0 Å². The van der Waals surface area contributed by atoms with Gasteiger partial charge in [-0.2, -0.15) is 0 Å². The first-order valence-corrected chi connectivity index (χ1v) is 9.50. The van der Waals surface area contributed by atoms with Gasteiger partial charge in [0.05, 0.1) is 6.61 Å². The second kappa shape index (κ2) is 5.31. The molecular weight excluding hydrogens is 380 g/mol. The van der Waals surface area contributed by atoms with Crippen LogP contribution in [0.2, 0.25) is 0 Å². The maximum atomic E-state index is 5.88. The number of halogens is 2. The van der Waals surface area contributed by atoms with Crippen LogP contribution in [0.1, 0.15) is 48.1 Å². The third-order valence-corrected chi connectivity index (χ3v) is 6.83. The average Bonchev–Trinajstić information content (AvgIpc) is 3.12. The summed E-state index contributed by atoms with van der Waals surface area (Å²) in [4.78, 5) is 0.441. The van der Waals surface area contributed by atoms with Gasteiger partial charge in [-0.1, -0.05) is 38.3 Å². The Morgan fingerprint density at radius 2 is 2.15 bits per heavy atom. The molecule has 4 rings (SSSR count). The summed E-state index contributed by atoms with van der Waals surface area (Å²) in [5.74, 6) is 4.11. The van der Waals surface area contributed by atoms with E-state index < -0.39 is 0 Å². The van der Waals surface area contributed by atoms with Crippen molar-refractivity contribution in [2.75, 3.05) is 6.61 Å². The average molecular weight is 400 g/mol. The molecule has 0 saturated heterocycles. The van der Waals surface area contributed by atoms with E-state index in [1.165, 1.54) is 47.7 Å². The highest BCUT2D eigenvalue weighted by molar-refractivity contribution is 9.10. The summed E-state index contributed by atoms with van der Waals surface area (Å²) in [6.07, 6.45) is 8.25.